The van der Waals surface area contributed by atoms with E-state index in [1.54, 1.807) is 0 Å². The topological polar surface area (TPSA) is 19.7 Å². The van der Waals surface area contributed by atoms with Crippen molar-refractivity contribution in [1.29, 1.82) is 0 Å². The molecule has 0 saturated carbocycles. The molecule has 4 nitrogen and oxygen atoms in total. The van der Waals surface area contributed by atoms with Gasteiger partial charge >= 0.3 is 427 Å². The SMILES string of the molecule is FC(F)(F)C(F)(F)C(F)(F)C(F)(F)CCn1c2c(n(CCC(F)(F)C(F)(F)C(F)(F)C(F)(F)F)c1=S)[S][Po]1([S]2)[S]c2c(n(CCC(F)(F)C(F)(F)C(F)(F)C(F)(F)F)c(=S)n2CCC(F)(F)C(F)(F)C(F)(F)C(F)(F)F)[S]1. The molecule has 0 amide bonds. The molecular weight excluding hydrogens is 1500 g/mol. The fourth-order valence-corrected chi connectivity index (χ4v) is 57.9. The zero-order chi connectivity index (χ0) is 60.8. The van der Waals surface area contributed by atoms with Gasteiger partial charge in [-0.1, -0.05) is 0 Å². The summed E-state index contributed by atoms with van der Waals surface area (Å²) in [4.78, 5) is 0. The van der Waals surface area contributed by atoms with Crippen LogP contribution in [0.4, 0.5) is 158 Å². The third kappa shape index (κ3) is 10.8. The maximum atomic E-state index is 14.8. The van der Waals surface area contributed by atoms with Gasteiger partial charge in [0.05, 0.1) is 0 Å². The molecule has 2 aliphatic rings. The molecule has 47 heteroatoms. The summed E-state index contributed by atoms with van der Waals surface area (Å²) in [6, 6.07) is 0. The standard InChI is InChI=1S/2C15H10F18N2S3.Po/c2*16-8(17,10(20,21)12(24,25)14(28,29)30)1-3-34-5(36)6(37)35(7(34)38)4-2-9(18,19)11(22,23)13(26,27)15(31,32)33;/h2*36-37H,1-4H2;/q;;+4/p-4. The number of hydrogen-bond donors (Lipinski definition) is 0. The van der Waals surface area contributed by atoms with Crippen LogP contribution in [0.2, 0.25) is 0 Å². The van der Waals surface area contributed by atoms with Crippen LogP contribution in [0.25, 0.3) is 0 Å². The van der Waals surface area contributed by atoms with Gasteiger partial charge < -0.3 is 0 Å². The van der Waals surface area contributed by atoms with Gasteiger partial charge in [-0.2, -0.15) is 0 Å². The Morgan fingerprint density at radius 1 is 0.260 bits per heavy atom. The molecule has 0 unspecified atom stereocenters. The minimum atomic E-state index is -7.63. The van der Waals surface area contributed by atoms with Crippen molar-refractivity contribution in [3.05, 3.63) is 9.54 Å². The summed E-state index contributed by atoms with van der Waals surface area (Å²) in [5.41, 5.74) is 0. The summed E-state index contributed by atoms with van der Waals surface area (Å²) < 4.78 is 492. The Bertz CT molecular complexity index is 2300. The molecule has 0 radical (unpaired) electrons. The summed E-state index contributed by atoms with van der Waals surface area (Å²) in [7, 11) is -0.252. The Hall–Kier alpha value is -1.36. The van der Waals surface area contributed by atoms with Crippen LogP contribution in [-0.2, 0) is 26.2 Å². The van der Waals surface area contributed by atoms with Gasteiger partial charge in [0.1, 0.15) is 0 Å². The quantitative estimate of drug-likeness (QED) is 0.0965. The summed E-state index contributed by atoms with van der Waals surface area (Å²) in [5.74, 6) is -86.8. The monoisotopic (exact) mass is 1520 g/mol. The second kappa shape index (κ2) is 19.9. The molecule has 0 aromatic carbocycles. The van der Waals surface area contributed by atoms with E-state index in [-0.39, 0.29) is 52.1 Å². The number of imidazole rings is 2. The number of hydrogen-bond acceptors (Lipinski definition) is 6. The van der Waals surface area contributed by atoms with Gasteiger partial charge in [-0.3, -0.25) is 0 Å². The number of halogens is 36. The van der Waals surface area contributed by atoms with E-state index in [4.69, 9.17) is 24.4 Å². The second-order valence-electron chi connectivity index (χ2n) is 15.5. The van der Waals surface area contributed by atoms with Crippen molar-refractivity contribution in [3.8, 4) is 0 Å². The zero-order valence-electron chi connectivity index (χ0n) is 34.9. The van der Waals surface area contributed by atoms with Crippen molar-refractivity contribution >= 4 is 72.9 Å². The van der Waals surface area contributed by atoms with Gasteiger partial charge in [0.2, 0.25) is 0 Å². The van der Waals surface area contributed by atoms with E-state index in [0.29, 0.717) is 0 Å². The summed E-state index contributed by atoms with van der Waals surface area (Å²) in [6.45, 7) is -8.77. The molecule has 4 rings (SSSR count). The Kier molecular flexibility index (Phi) is 17.6. The molecule has 2 aromatic heterocycles. The minimum absolute atomic E-state index is 0.0630. The van der Waals surface area contributed by atoms with Crippen LogP contribution in [0.3, 0.4) is 0 Å². The van der Waals surface area contributed by atoms with Gasteiger partial charge in [-0.25, -0.2) is 0 Å². The molecule has 0 fully saturated rings. The van der Waals surface area contributed by atoms with E-state index in [2.05, 4.69) is 0 Å². The van der Waals surface area contributed by atoms with Crippen molar-refractivity contribution in [2.75, 3.05) is 0 Å². The molecule has 77 heavy (non-hydrogen) atoms. The molecule has 0 aliphatic carbocycles. The molecule has 4 heterocycles. The van der Waals surface area contributed by atoms with Crippen LogP contribution in [0.5, 0.6) is 0 Å². The first-order valence-electron chi connectivity index (χ1n) is 18.7. The summed E-state index contributed by atoms with van der Waals surface area (Å²) >= 11 is 3.73. The van der Waals surface area contributed by atoms with Crippen molar-refractivity contribution in [3.63, 3.8) is 0 Å². The molecule has 2 aromatic rings. The Labute approximate surface area is 424 Å². The number of nitrogens with zero attached hydrogens (tertiary/aromatic N) is 4. The van der Waals surface area contributed by atoms with Crippen LogP contribution in [0, 0.1) is 9.54 Å². The average Bonchev–Trinajstić information content (AvgIpc) is 3.90. The van der Waals surface area contributed by atoms with E-state index in [0.717, 1.165) is 0 Å². The Morgan fingerprint density at radius 2 is 0.403 bits per heavy atom. The summed E-state index contributed by atoms with van der Waals surface area (Å²) in [5, 5.41) is -4.46. The number of aromatic nitrogens is 4. The first-order valence-corrected chi connectivity index (χ1v) is 38.0. The zero-order valence-corrected chi connectivity index (χ0v) is 43.0. The van der Waals surface area contributed by atoms with Gasteiger partial charge in [-0.15, -0.1) is 0 Å². The van der Waals surface area contributed by atoms with E-state index in [1.807, 2.05) is 0 Å². The van der Waals surface area contributed by atoms with Crippen molar-refractivity contribution in [2.24, 2.45) is 0 Å². The van der Waals surface area contributed by atoms with Crippen LogP contribution in [0.1, 0.15) is 25.7 Å². The van der Waals surface area contributed by atoms with Gasteiger partial charge in [0, 0.05) is 0 Å². The third-order valence-corrected chi connectivity index (χ3v) is 53.1. The molecule has 0 N–H and O–H groups in total. The van der Waals surface area contributed by atoms with Crippen LogP contribution >= 0.6 is 58.2 Å². The maximum absolute atomic E-state index is 14.8. The van der Waals surface area contributed by atoms with E-state index in [1.165, 1.54) is 0 Å². The number of fused-ring (bicyclic) bond motifs is 2. The first-order chi connectivity index (χ1) is 33.6. The first kappa shape index (κ1) is 68.1. The summed E-state index contributed by atoms with van der Waals surface area (Å²) in [6.07, 6.45) is -41.9. The van der Waals surface area contributed by atoms with Crippen LogP contribution < -0.4 is 0 Å². The van der Waals surface area contributed by atoms with E-state index >= 15 is 0 Å². The Morgan fingerprint density at radius 3 is 0.532 bits per heavy atom. The van der Waals surface area contributed by atoms with Gasteiger partial charge in [0.25, 0.3) is 0 Å². The molecule has 1 spiro atoms. The van der Waals surface area contributed by atoms with Crippen LogP contribution in [0.15, 0.2) is 20.1 Å². The van der Waals surface area contributed by atoms with Crippen molar-refractivity contribution in [2.45, 2.75) is 168 Å². The fraction of sp³-hybridized carbons (Fsp3) is 0.800. The average molecular weight is 1520 g/mol. The molecule has 450 valence electrons. The van der Waals surface area contributed by atoms with E-state index < -0.39 is 192 Å². The molecule has 0 atom stereocenters. The molecule has 0 bridgehead atoms. The molecular formula is C30H16F36N4PoS6. The molecule has 2 aliphatic heterocycles. The fourth-order valence-electron chi connectivity index (χ4n) is 5.97. The van der Waals surface area contributed by atoms with Crippen molar-refractivity contribution < 1.29 is 158 Å². The van der Waals surface area contributed by atoms with Crippen molar-refractivity contribution in [1.82, 2.24) is 18.3 Å². The normalized spacial score (nSPS) is 17.9. The number of alkyl halides is 36. The second-order valence-corrected chi connectivity index (χ2v) is 58.1. The molecule has 0 saturated heterocycles. The van der Waals surface area contributed by atoms with Gasteiger partial charge in [-0.05, 0) is 0 Å². The predicted octanol–water partition coefficient (Wildman–Crippen LogP) is 17.3. The van der Waals surface area contributed by atoms with Crippen LogP contribution in [-0.4, -0.2) is 129 Å². The van der Waals surface area contributed by atoms with E-state index in [9.17, 15) is 158 Å². The number of rotatable bonds is 20. The predicted molar refractivity (Wildman–Crippen MR) is 198 cm³/mol. The Balaban J connectivity index is 1.93. The van der Waals surface area contributed by atoms with Gasteiger partial charge in [0.15, 0.2) is 0 Å². The third-order valence-electron chi connectivity index (χ3n) is 10.4.